The van der Waals surface area contributed by atoms with E-state index in [1.165, 1.54) is 12.1 Å². The lowest BCUT2D eigenvalue weighted by atomic mass is 10.1. The van der Waals surface area contributed by atoms with Crippen molar-refractivity contribution in [2.24, 2.45) is 0 Å². The van der Waals surface area contributed by atoms with Crippen molar-refractivity contribution in [3.05, 3.63) is 71.9 Å². The summed E-state index contributed by atoms with van der Waals surface area (Å²) in [6.45, 7) is -2.50. The van der Waals surface area contributed by atoms with Crippen LogP contribution in [0.3, 0.4) is 0 Å². The molecule has 3 aromatic rings. The molecule has 25 heavy (non-hydrogen) atoms. The van der Waals surface area contributed by atoms with Gasteiger partial charge in [-0.1, -0.05) is 30.3 Å². The van der Waals surface area contributed by atoms with E-state index in [0.717, 1.165) is 16.5 Å². The molecule has 1 heterocycles. The quantitative estimate of drug-likeness (QED) is 0.701. The summed E-state index contributed by atoms with van der Waals surface area (Å²) >= 11 is 0. The van der Waals surface area contributed by atoms with E-state index in [2.05, 4.69) is 9.72 Å². The Kier molecular flexibility index (Phi) is 4.88. The maximum absolute atomic E-state index is 12.7. The van der Waals surface area contributed by atoms with E-state index in [1.807, 2.05) is 24.3 Å². The fraction of sp³-hybridized carbons (Fsp3) is 0.158. The summed E-state index contributed by atoms with van der Waals surface area (Å²) in [6.07, 6.45) is 1.61. The molecule has 0 unspecified atom stereocenters. The number of hydrogen-bond donors (Lipinski definition) is 0. The van der Waals surface area contributed by atoms with Crippen LogP contribution in [-0.4, -0.2) is 29.5 Å². The molecule has 0 atom stereocenters. The van der Waals surface area contributed by atoms with Crippen LogP contribution in [0.1, 0.15) is 15.9 Å². The minimum atomic E-state index is -2.85. The zero-order valence-corrected chi connectivity index (χ0v) is 13.5. The standard InChI is InChI=1S/C19H16F2N2O2/c1-23(12-13-6-8-14(9-7-13)25-19(20)21)18(24)16-10-11-22-17-5-3-2-4-15(16)17/h2-11,19H,12H2,1H3. The third kappa shape index (κ3) is 3.91. The fourth-order valence-electron chi connectivity index (χ4n) is 2.61. The Labute approximate surface area is 143 Å². The van der Waals surface area contributed by atoms with Crippen molar-refractivity contribution >= 4 is 16.8 Å². The van der Waals surface area contributed by atoms with E-state index >= 15 is 0 Å². The first kappa shape index (κ1) is 16.8. The summed E-state index contributed by atoms with van der Waals surface area (Å²) in [5.41, 5.74) is 2.15. The molecule has 0 aliphatic heterocycles. The van der Waals surface area contributed by atoms with Gasteiger partial charge in [0.25, 0.3) is 5.91 Å². The van der Waals surface area contributed by atoms with E-state index in [4.69, 9.17) is 0 Å². The van der Waals surface area contributed by atoms with Gasteiger partial charge in [-0.3, -0.25) is 9.78 Å². The maximum atomic E-state index is 12.7. The normalized spacial score (nSPS) is 10.9. The first-order valence-corrected chi connectivity index (χ1v) is 7.67. The number of alkyl halides is 2. The molecular formula is C19H16F2N2O2. The zero-order valence-electron chi connectivity index (χ0n) is 13.5. The van der Waals surface area contributed by atoms with Gasteiger partial charge in [-0.15, -0.1) is 0 Å². The van der Waals surface area contributed by atoms with Crippen molar-refractivity contribution in [1.29, 1.82) is 0 Å². The van der Waals surface area contributed by atoms with Gasteiger partial charge in [-0.05, 0) is 29.8 Å². The Bertz CT molecular complexity index is 877. The third-order valence-electron chi connectivity index (χ3n) is 3.79. The van der Waals surface area contributed by atoms with E-state index in [1.54, 1.807) is 36.3 Å². The molecule has 0 bridgehead atoms. The van der Waals surface area contributed by atoms with Crippen LogP contribution in [0.15, 0.2) is 60.8 Å². The van der Waals surface area contributed by atoms with Gasteiger partial charge in [0.1, 0.15) is 5.75 Å². The van der Waals surface area contributed by atoms with Gasteiger partial charge >= 0.3 is 6.61 Å². The second-order valence-electron chi connectivity index (χ2n) is 5.56. The molecule has 0 fully saturated rings. The molecule has 2 aromatic carbocycles. The molecule has 0 aliphatic carbocycles. The first-order chi connectivity index (χ1) is 12.0. The average molecular weight is 342 g/mol. The van der Waals surface area contributed by atoms with Crippen molar-refractivity contribution in [2.75, 3.05) is 7.05 Å². The Morgan fingerprint density at radius 1 is 1.12 bits per heavy atom. The predicted molar refractivity (Wildman–Crippen MR) is 90.6 cm³/mol. The Morgan fingerprint density at radius 2 is 1.84 bits per heavy atom. The van der Waals surface area contributed by atoms with Crippen LogP contribution in [0.25, 0.3) is 10.9 Å². The van der Waals surface area contributed by atoms with Crippen LogP contribution in [0, 0.1) is 0 Å². The number of carbonyl (C=O) groups excluding carboxylic acids is 1. The number of rotatable bonds is 5. The van der Waals surface area contributed by atoms with Gasteiger partial charge in [0.2, 0.25) is 0 Å². The van der Waals surface area contributed by atoms with Gasteiger partial charge in [-0.2, -0.15) is 8.78 Å². The molecule has 3 rings (SSSR count). The summed E-state index contributed by atoms with van der Waals surface area (Å²) in [5.74, 6) is -0.0423. The van der Waals surface area contributed by atoms with Crippen LogP contribution in [-0.2, 0) is 6.54 Å². The third-order valence-corrected chi connectivity index (χ3v) is 3.79. The molecule has 1 aromatic heterocycles. The van der Waals surface area contributed by atoms with Crippen molar-refractivity contribution in [2.45, 2.75) is 13.2 Å². The molecule has 0 spiro atoms. The lowest BCUT2D eigenvalue weighted by molar-refractivity contribution is -0.0498. The average Bonchev–Trinajstić information content (AvgIpc) is 2.62. The van der Waals surface area contributed by atoms with Crippen LogP contribution < -0.4 is 4.74 Å². The summed E-state index contributed by atoms with van der Waals surface area (Å²) in [5, 5.41) is 0.794. The number of carbonyl (C=O) groups is 1. The monoisotopic (exact) mass is 342 g/mol. The Balaban J connectivity index is 1.76. The summed E-state index contributed by atoms with van der Waals surface area (Å²) in [6, 6.07) is 15.4. The van der Waals surface area contributed by atoms with Gasteiger partial charge in [0.05, 0.1) is 11.1 Å². The number of halogens is 2. The minimum absolute atomic E-state index is 0.0906. The first-order valence-electron chi connectivity index (χ1n) is 7.67. The van der Waals surface area contributed by atoms with E-state index in [9.17, 15) is 13.6 Å². The van der Waals surface area contributed by atoms with Crippen LogP contribution >= 0.6 is 0 Å². The highest BCUT2D eigenvalue weighted by Crippen LogP contribution is 2.20. The number of pyridine rings is 1. The van der Waals surface area contributed by atoms with Gasteiger partial charge in [0, 0.05) is 25.2 Å². The second-order valence-corrected chi connectivity index (χ2v) is 5.56. The van der Waals surface area contributed by atoms with E-state index in [0.29, 0.717) is 12.1 Å². The Morgan fingerprint density at radius 3 is 2.56 bits per heavy atom. The molecule has 128 valence electrons. The van der Waals surface area contributed by atoms with Crippen LogP contribution in [0.2, 0.25) is 0 Å². The zero-order chi connectivity index (χ0) is 17.8. The number of amides is 1. The number of hydrogen-bond acceptors (Lipinski definition) is 3. The molecule has 0 N–H and O–H groups in total. The maximum Gasteiger partial charge on any atom is 0.387 e. The van der Waals surface area contributed by atoms with E-state index in [-0.39, 0.29) is 11.7 Å². The molecule has 6 heteroatoms. The number of aromatic nitrogens is 1. The lowest BCUT2D eigenvalue weighted by Crippen LogP contribution is -2.26. The second kappa shape index (κ2) is 7.25. The number of ether oxygens (including phenoxy) is 1. The van der Waals surface area contributed by atoms with Crippen molar-refractivity contribution in [3.8, 4) is 5.75 Å². The SMILES string of the molecule is CN(Cc1ccc(OC(F)F)cc1)C(=O)c1ccnc2ccccc12. The van der Waals surface area contributed by atoms with Crippen LogP contribution in [0.4, 0.5) is 8.78 Å². The number of nitrogens with zero attached hydrogens (tertiary/aromatic N) is 2. The Hall–Kier alpha value is -3.02. The van der Waals surface area contributed by atoms with Gasteiger partial charge in [-0.25, -0.2) is 0 Å². The van der Waals surface area contributed by atoms with Crippen molar-refractivity contribution in [3.63, 3.8) is 0 Å². The molecule has 0 aliphatic rings. The topological polar surface area (TPSA) is 42.4 Å². The largest absolute Gasteiger partial charge is 0.435 e. The number of fused-ring (bicyclic) bond motifs is 1. The van der Waals surface area contributed by atoms with Crippen LogP contribution in [0.5, 0.6) is 5.75 Å². The van der Waals surface area contributed by atoms with Gasteiger partial charge in [0.15, 0.2) is 0 Å². The predicted octanol–water partition coefficient (Wildman–Crippen LogP) is 4.11. The molecule has 0 saturated carbocycles. The smallest absolute Gasteiger partial charge is 0.387 e. The van der Waals surface area contributed by atoms with Gasteiger partial charge < -0.3 is 9.64 Å². The highest BCUT2D eigenvalue weighted by atomic mass is 19.3. The molecule has 0 radical (unpaired) electrons. The number of para-hydroxylation sites is 1. The molecule has 1 amide bonds. The van der Waals surface area contributed by atoms with E-state index < -0.39 is 6.61 Å². The molecule has 0 saturated heterocycles. The van der Waals surface area contributed by atoms with Crippen molar-refractivity contribution in [1.82, 2.24) is 9.88 Å². The summed E-state index contributed by atoms with van der Waals surface area (Å²) in [4.78, 5) is 18.6. The summed E-state index contributed by atoms with van der Waals surface area (Å²) < 4.78 is 28.7. The molecule has 4 nitrogen and oxygen atoms in total. The van der Waals surface area contributed by atoms with Crippen molar-refractivity contribution < 1.29 is 18.3 Å². The number of benzene rings is 2. The minimum Gasteiger partial charge on any atom is -0.435 e. The lowest BCUT2D eigenvalue weighted by Gasteiger charge is -2.18. The summed E-state index contributed by atoms with van der Waals surface area (Å²) in [7, 11) is 1.70. The highest BCUT2D eigenvalue weighted by Gasteiger charge is 2.15. The fourth-order valence-corrected chi connectivity index (χ4v) is 2.61. The molecular weight excluding hydrogens is 326 g/mol. The highest BCUT2D eigenvalue weighted by molar-refractivity contribution is 6.05.